The lowest BCUT2D eigenvalue weighted by Gasteiger charge is -2.27. The molecule has 3 unspecified atom stereocenters. The van der Waals surface area contributed by atoms with Crippen molar-refractivity contribution in [2.45, 2.75) is 264 Å². The van der Waals surface area contributed by atoms with Crippen LogP contribution in [0.3, 0.4) is 0 Å². The van der Waals surface area contributed by atoms with E-state index in [9.17, 15) is 19.0 Å². The molecule has 392 valence electrons. The van der Waals surface area contributed by atoms with Crippen LogP contribution in [0.5, 0.6) is 0 Å². The Hall–Kier alpha value is -2.03. The van der Waals surface area contributed by atoms with E-state index in [1.54, 1.807) is 0 Å². The first-order valence-electron chi connectivity index (χ1n) is 28.0. The van der Waals surface area contributed by atoms with Gasteiger partial charge in [-0.2, -0.15) is 0 Å². The first kappa shape index (κ1) is 65.0. The minimum Gasteiger partial charge on any atom is -0.456 e. The minimum atomic E-state index is -4.45. The number of allylic oxidation sites excluding steroid dienone is 7. The van der Waals surface area contributed by atoms with Gasteiger partial charge in [0, 0.05) is 12.8 Å². The Kier molecular flexibility index (Phi) is 46.2. The average Bonchev–Trinajstić information content (AvgIpc) is 3.28. The molecule has 0 fully saturated rings. The monoisotopic (exact) mass is 964 g/mol. The van der Waals surface area contributed by atoms with Gasteiger partial charge >= 0.3 is 13.8 Å². The number of phosphoric ester groups is 1. The van der Waals surface area contributed by atoms with E-state index >= 15 is 0 Å². The summed E-state index contributed by atoms with van der Waals surface area (Å²) in [6.45, 7) is 6.94. The van der Waals surface area contributed by atoms with Crippen LogP contribution in [-0.2, 0) is 27.9 Å². The Morgan fingerprint density at radius 3 is 1.40 bits per heavy atom. The summed E-state index contributed by atoms with van der Waals surface area (Å²) >= 11 is 0. The van der Waals surface area contributed by atoms with Gasteiger partial charge in [-0.1, -0.05) is 211 Å². The second kappa shape index (κ2) is 47.6. The molecule has 2 N–H and O–H groups in total. The number of phosphoric acid groups is 1. The fourth-order valence-corrected chi connectivity index (χ4v) is 8.60. The summed E-state index contributed by atoms with van der Waals surface area (Å²) in [4.78, 5) is 37.5. The zero-order chi connectivity index (χ0) is 49.4. The van der Waals surface area contributed by atoms with Crippen molar-refractivity contribution in [2.24, 2.45) is 0 Å². The van der Waals surface area contributed by atoms with Crippen LogP contribution in [0.15, 0.2) is 48.6 Å². The molecule has 0 aliphatic carbocycles. The summed E-state index contributed by atoms with van der Waals surface area (Å²) in [7, 11) is 1.46. The van der Waals surface area contributed by atoms with E-state index in [4.69, 9.17) is 13.8 Å². The van der Waals surface area contributed by atoms with E-state index in [0.717, 1.165) is 64.2 Å². The molecule has 0 radical (unpaired) electrons. The van der Waals surface area contributed by atoms with Crippen molar-refractivity contribution in [1.29, 1.82) is 0 Å². The van der Waals surface area contributed by atoms with Crippen molar-refractivity contribution in [2.75, 3.05) is 40.9 Å². The fourth-order valence-electron chi connectivity index (χ4n) is 7.87. The third-order valence-electron chi connectivity index (χ3n) is 12.3. The van der Waals surface area contributed by atoms with Gasteiger partial charge in [-0.25, -0.2) is 4.57 Å². The van der Waals surface area contributed by atoms with Gasteiger partial charge in [-0.3, -0.25) is 18.6 Å². The summed E-state index contributed by atoms with van der Waals surface area (Å²) in [5, 5.41) is 3.00. The summed E-state index contributed by atoms with van der Waals surface area (Å²) in [6, 6.07) is -0.878. The largest absolute Gasteiger partial charge is 0.472 e. The SMILES string of the molecule is CCCCCC/C=C\CCCCCCCCCC(=O)OC(/C=C/CCCCCCCCCCCCC)C(COP(=O)(O)OCC[N+](C)(C)C)NC(=O)CC/C=C/C/C=C\CCCCCCCC. The Labute approximate surface area is 414 Å². The fraction of sp³-hybridized carbons (Fsp3) is 0.825. The number of nitrogens with zero attached hydrogens (tertiary/aromatic N) is 1. The van der Waals surface area contributed by atoms with Crippen LogP contribution in [0, 0.1) is 0 Å². The zero-order valence-electron chi connectivity index (χ0n) is 44.6. The van der Waals surface area contributed by atoms with Gasteiger partial charge in [-0.15, -0.1) is 0 Å². The van der Waals surface area contributed by atoms with Gasteiger partial charge in [0.2, 0.25) is 5.91 Å². The number of hydrogen-bond acceptors (Lipinski definition) is 6. The predicted octanol–water partition coefficient (Wildman–Crippen LogP) is 16.6. The van der Waals surface area contributed by atoms with E-state index in [1.807, 2.05) is 39.4 Å². The molecule has 67 heavy (non-hydrogen) atoms. The molecule has 10 heteroatoms. The van der Waals surface area contributed by atoms with Crippen molar-refractivity contribution < 1.29 is 37.3 Å². The number of hydrogen-bond donors (Lipinski definition) is 2. The van der Waals surface area contributed by atoms with Crippen LogP contribution in [-0.4, -0.2) is 74.3 Å². The van der Waals surface area contributed by atoms with E-state index in [-0.39, 0.29) is 37.9 Å². The van der Waals surface area contributed by atoms with E-state index in [2.05, 4.69) is 56.5 Å². The Bertz CT molecular complexity index is 1290. The molecule has 0 saturated heterocycles. The van der Waals surface area contributed by atoms with Crippen LogP contribution in [0.4, 0.5) is 0 Å². The van der Waals surface area contributed by atoms with Crippen LogP contribution >= 0.6 is 7.82 Å². The summed E-state index contributed by atoms with van der Waals surface area (Å²) in [5.41, 5.74) is 0. The molecule has 1 amide bonds. The quantitative estimate of drug-likeness (QED) is 0.0205. The first-order chi connectivity index (χ1) is 32.4. The summed E-state index contributed by atoms with van der Waals surface area (Å²) in [6.07, 6.45) is 56.9. The van der Waals surface area contributed by atoms with Crippen molar-refractivity contribution >= 4 is 19.7 Å². The smallest absolute Gasteiger partial charge is 0.456 e. The molecule has 0 spiro atoms. The predicted molar refractivity (Wildman–Crippen MR) is 286 cm³/mol. The number of nitrogens with one attached hydrogen (secondary N) is 1. The number of carbonyl (C=O) groups excluding carboxylic acids is 2. The van der Waals surface area contributed by atoms with Crippen molar-refractivity contribution in [3.05, 3.63) is 48.6 Å². The number of ether oxygens (including phenoxy) is 1. The topological polar surface area (TPSA) is 111 Å². The summed E-state index contributed by atoms with van der Waals surface area (Å²) in [5.74, 6) is -0.585. The number of carbonyl (C=O) groups is 2. The molecule has 3 atom stereocenters. The third-order valence-corrected chi connectivity index (χ3v) is 13.2. The normalized spacial score (nSPS) is 14.2. The Morgan fingerprint density at radius 2 is 0.925 bits per heavy atom. The number of quaternary nitrogens is 1. The highest BCUT2D eigenvalue weighted by atomic mass is 31.2. The first-order valence-corrected chi connectivity index (χ1v) is 29.5. The lowest BCUT2D eigenvalue weighted by Crippen LogP contribution is -2.47. The van der Waals surface area contributed by atoms with E-state index in [0.29, 0.717) is 17.4 Å². The molecule has 0 aliphatic rings. The maximum Gasteiger partial charge on any atom is 0.472 e. The maximum atomic E-state index is 13.4. The number of likely N-dealkylation sites (N-methyl/N-ethyl adjacent to an activating group) is 1. The Morgan fingerprint density at radius 1 is 0.522 bits per heavy atom. The zero-order valence-corrected chi connectivity index (χ0v) is 45.5. The molecule has 0 bridgehead atoms. The molecule has 0 aromatic heterocycles. The number of unbranched alkanes of at least 4 members (excludes halogenated alkanes) is 28. The molecule has 0 aliphatic heterocycles. The highest BCUT2D eigenvalue weighted by molar-refractivity contribution is 7.47. The molecule has 0 aromatic carbocycles. The molecule has 0 aromatic rings. The van der Waals surface area contributed by atoms with Crippen molar-refractivity contribution in [3.8, 4) is 0 Å². The molecule has 9 nitrogen and oxygen atoms in total. The molecular formula is C57H108N2O7P+. The molecule has 0 heterocycles. The number of rotatable bonds is 50. The highest BCUT2D eigenvalue weighted by Crippen LogP contribution is 2.43. The molecule has 0 rings (SSSR count). The number of esters is 1. The highest BCUT2D eigenvalue weighted by Gasteiger charge is 2.30. The Balaban J connectivity index is 5.47. The van der Waals surface area contributed by atoms with Gasteiger partial charge in [0.1, 0.15) is 19.3 Å². The van der Waals surface area contributed by atoms with Crippen LogP contribution in [0.1, 0.15) is 252 Å². The third kappa shape index (κ3) is 48.8. The van der Waals surface area contributed by atoms with E-state index in [1.165, 1.54) is 148 Å². The second-order valence-electron chi connectivity index (χ2n) is 20.1. The number of amides is 1. The van der Waals surface area contributed by atoms with Crippen LogP contribution in [0.25, 0.3) is 0 Å². The van der Waals surface area contributed by atoms with Gasteiger partial charge < -0.3 is 19.4 Å². The minimum absolute atomic E-state index is 0.0305. The standard InChI is InChI=1S/C57H107N2O7P/c1-7-10-13-16-19-22-25-28-29-32-35-38-41-44-47-50-57(61)66-55(48-45-42-39-36-33-30-26-23-20-17-14-11-8-2)54(53-65-67(62,63)64-52-51-59(4,5)6)58-56(60)49-46-43-40-37-34-31-27-24-21-18-15-12-9-3/h22,25,31,34,40,43,45,48,54-55H,7-21,23-24,26-30,32-33,35-39,41-42,44,46-47,49-53H2,1-6H3,(H-,58,60,62,63)/p+1/b25-22-,34-31-,43-40+,48-45+. The van der Waals surface area contributed by atoms with Crippen molar-refractivity contribution in [3.63, 3.8) is 0 Å². The van der Waals surface area contributed by atoms with Crippen molar-refractivity contribution in [1.82, 2.24) is 5.32 Å². The molecule has 0 saturated carbocycles. The summed E-state index contributed by atoms with van der Waals surface area (Å²) < 4.78 is 30.5. The van der Waals surface area contributed by atoms with Gasteiger partial charge in [0.05, 0.1) is 33.8 Å². The van der Waals surface area contributed by atoms with E-state index < -0.39 is 20.0 Å². The lowest BCUT2D eigenvalue weighted by molar-refractivity contribution is -0.870. The van der Waals surface area contributed by atoms with Crippen LogP contribution < -0.4 is 5.32 Å². The molecular weight excluding hydrogens is 856 g/mol. The second-order valence-corrected chi connectivity index (χ2v) is 21.6. The van der Waals surface area contributed by atoms with Gasteiger partial charge in [-0.05, 0) is 76.7 Å². The lowest BCUT2D eigenvalue weighted by atomic mass is 10.0. The maximum absolute atomic E-state index is 13.4. The van der Waals surface area contributed by atoms with Crippen LogP contribution in [0.2, 0.25) is 0 Å². The van der Waals surface area contributed by atoms with Gasteiger partial charge in [0.15, 0.2) is 0 Å². The van der Waals surface area contributed by atoms with Gasteiger partial charge in [0.25, 0.3) is 0 Å². The average molecular weight is 964 g/mol.